The molecule has 2 aromatic heterocycles. The second-order valence-corrected chi connectivity index (χ2v) is 7.24. The van der Waals surface area contributed by atoms with Crippen LogP contribution in [0.25, 0.3) is 0 Å². The number of aryl methyl sites for hydroxylation is 1. The summed E-state index contributed by atoms with van der Waals surface area (Å²) in [6.07, 6.45) is 3.49. The van der Waals surface area contributed by atoms with Crippen LogP contribution in [0.4, 0.5) is 11.5 Å². The van der Waals surface area contributed by atoms with E-state index in [1.165, 1.54) is 11.1 Å². The molecule has 6 nitrogen and oxygen atoms in total. The first-order chi connectivity index (χ1) is 14.2. The lowest BCUT2D eigenvalue weighted by Crippen LogP contribution is -2.49. The molecule has 1 fully saturated rings. The van der Waals surface area contributed by atoms with Gasteiger partial charge in [-0.1, -0.05) is 35.9 Å². The van der Waals surface area contributed by atoms with Crippen LogP contribution in [0.3, 0.4) is 0 Å². The number of anilines is 2. The smallest absolute Gasteiger partial charge is 0.272 e. The first kappa shape index (κ1) is 18.9. The van der Waals surface area contributed by atoms with Crippen LogP contribution in [0.5, 0.6) is 0 Å². The number of hydrogen-bond donors (Lipinski definition) is 1. The molecule has 0 unspecified atom stereocenters. The van der Waals surface area contributed by atoms with Crippen molar-refractivity contribution in [3.8, 4) is 0 Å². The number of carbonyl (C=O) groups excluding carboxylic acids is 1. The third-order valence-electron chi connectivity index (χ3n) is 5.14. The van der Waals surface area contributed by atoms with Crippen LogP contribution < -0.4 is 10.2 Å². The minimum atomic E-state index is -0.0235. The van der Waals surface area contributed by atoms with Crippen molar-refractivity contribution in [3.05, 3.63) is 83.8 Å². The van der Waals surface area contributed by atoms with E-state index in [-0.39, 0.29) is 5.91 Å². The van der Waals surface area contributed by atoms with Crippen molar-refractivity contribution < 1.29 is 4.79 Å². The molecule has 1 aromatic carbocycles. The van der Waals surface area contributed by atoms with Crippen molar-refractivity contribution in [3.63, 3.8) is 0 Å². The summed E-state index contributed by atoms with van der Waals surface area (Å²) in [6, 6.07) is 18.0. The maximum atomic E-state index is 12.9. The summed E-state index contributed by atoms with van der Waals surface area (Å²) in [5.74, 6) is 0.935. The zero-order chi connectivity index (χ0) is 20.1. The first-order valence-corrected chi connectivity index (χ1v) is 9.90. The van der Waals surface area contributed by atoms with Crippen LogP contribution in [0.2, 0.25) is 0 Å². The number of amides is 1. The van der Waals surface area contributed by atoms with E-state index in [0.29, 0.717) is 25.3 Å². The van der Waals surface area contributed by atoms with E-state index in [1.807, 2.05) is 35.2 Å². The Balaban J connectivity index is 1.35. The molecule has 0 spiro atoms. The lowest BCUT2D eigenvalue weighted by atomic mass is 10.1. The number of carbonyl (C=O) groups is 1. The van der Waals surface area contributed by atoms with E-state index in [4.69, 9.17) is 0 Å². The Morgan fingerprint density at radius 3 is 2.48 bits per heavy atom. The summed E-state index contributed by atoms with van der Waals surface area (Å²) in [7, 11) is 0. The highest BCUT2D eigenvalue weighted by Gasteiger charge is 2.23. The number of pyridine rings is 2. The number of benzene rings is 1. The molecule has 1 aliphatic rings. The molecule has 0 aliphatic carbocycles. The van der Waals surface area contributed by atoms with Crippen molar-refractivity contribution in [1.29, 1.82) is 0 Å². The Morgan fingerprint density at radius 2 is 1.76 bits per heavy atom. The zero-order valence-electron chi connectivity index (χ0n) is 16.6. The van der Waals surface area contributed by atoms with E-state index in [1.54, 1.807) is 12.4 Å². The molecule has 1 N–H and O–H groups in total. The number of hydrogen-bond acceptors (Lipinski definition) is 5. The Morgan fingerprint density at radius 1 is 0.966 bits per heavy atom. The van der Waals surface area contributed by atoms with Gasteiger partial charge in [0.1, 0.15) is 11.5 Å². The molecule has 0 atom stereocenters. The number of nitrogens with one attached hydrogen (secondary N) is 1. The topological polar surface area (TPSA) is 61.4 Å². The maximum Gasteiger partial charge on any atom is 0.272 e. The van der Waals surface area contributed by atoms with Gasteiger partial charge in [0.25, 0.3) is 5.91 Å². The van der Waals surface area contributed by atoms with Crippen molar-refractivity contribution in [2.45, 2.75) is 13.5 Å². The Hall–Kier alpha value is -3.41. The fourth-order valence-corrected chi connectivity index (χ4v) is 3.41. The maximum absolute atomic E-state index is 12.9. The minimum absolute atomic E-state index is 0.0235. The average Bonchev–Trinajstić information content (AvgIpc) is 2.79. The highest BCUT2D eigenvalue weighted by atomic mass is 16.2. The first-order valence-electron chi connectivity index (χ1n) is 9.90. The van der Waals surface area contributed by atoms with Gasteiger partial charge in [0, 0.05) is 50.8 Å². The van der Waals surface area contributed by atoms with Gasteiger partial charge in [-0.25, -0.2) is 4.98 Å². The van der Waals surface area contributed by atoms with E-state index in [0.717, 1.165) is 24.6 Å². The number of aromatic nitrogens is 2. The van der Waals surface area contributed by atoms with Crippen LogP contribution in [0.15, 0.2) is 67.0 Å². The average molecular weight is 387 g/mol. The minimum Gasteiger partial charge on any atom is -0.381 e. The summed E-state index contributed by atoms with van der Waals surface area (Å²) in [4.78, 5) is 25.7. The van der Waals surface area contributed by atoms with Crippen LogP contribution in [0.1, 0.15) is 21.6 Å². The van der Waals surface area contributed by atoms with Gasteiger partial charge < -0.3 is 15.1 Å². The third-order valence-corrected chi connectivity index (χ3v) is 5.14. The van der Waals surface area contributed by atoms with Crippen LogP contribution in [-0.2, 0) is 6.54 Å². The van der Waals surface area contributed by atoms with E-state index < -0.39 is 0 Å². The number of rotatable bonds is 5. The fraction of sp³-hybridized carbons (Fsp3) is 0.261. The monoisotopic (exact) mass is 387 g/mol. The molecule has 3 heterocycles. The van der Waals surface area contributed by atoms with Crippen LogP contribution >= 0.6 is 0 Å². The molecule has 1 saturated heterocycles. The summed E-state index contributed by atoms with van der Waals surface area (Å²) in [6.45, 7) is 5.66. The van der Waals surface area contributed by atoms with Crippen molar-refractivity contribution in [2.75, 3.05) is 36.4 Å². The highest BCUT2D eigenvalue weighted by Crippen LogP contribution is 2.16. The van der Waals surface area contributed by atoms with Gasteiger partial charge in [0.15, 0.2) is 0 Å². The molecule has 3 aromatic rings. The highest BCUT2D eigenvalue weighted by molar-refractivity contribution is 5.93. The summed E-state index contributed by atoms with van der Waals surface area (Å²) < 4.78 is 0. The number of nitrogens with zero attached hydrogens (tertiary/aromatic N) is 4. The Kier molecular flexibility index (Phi) is 5.70. The largest absolute Gasteiger partial charge is 0.381 e. The predicted molar refractivity (Wildman–Crippen MR) is 115 cm³/mol. The molecule has 6 heteroatoms. The Labute approximate surface area is 171 Å². The molecule has 1 aliphatic heterocycles. The molecule has 0 bridgehead atoms. The quantitative estimate of drug-likeness (QED) is 0.727. The standard InChI is InChI=1S/C23H25N5O/c1-18-5-7-19(8-6-18)17-26-20-9-11-24-21(16-20)23(29)28-14-12-27(13-15-28)22-4-2-3-10-25-22/h2-11,16H,12-15,17H2,1H3,(H,24,26). The SMILES string of the molecule is Cc1ccc(CNc2ccnc(C(=O)N3CCN(c4ccccn4)CC3)c2)cc1. The van der Waals surface area contributed by atoms with Gasteiger partial charge in [0.2, 0.25) is 0 Å². The van der Waals surface area contributed by atoms with Crippen LogP contribution in [0, 0.1) is 6.92 Å². The molecule has 4 rings (SSSR count). The van der Waals surface area contributed by atoms with Gasteiger partial charge >= 0.3 is 0 Å². The molecule has 0 saturated carbocycles. The van der Waals surface area contributed by atoms with Gasteiger partial charge in [-0.2, -0.15) is 0 Å². The van der Waals surface area contributed by atoms with E-state index >= 15 is 0 Å². The normalized spacial score (nSPS) is 14.0. The molecular formula is C23H25N5O. The second kappa shape index (κ2) is 8.73. The van der Waals surface area contributed by atoms with Crippen molar-refractivity contribution in [1.82, 2.24) is 14.9 Å². The predicted octanol–water partition coefficient (Wildman–Crippen LogP) is 3.36. The molecule has 148 valence electrons. The lowest BCUT2D eigenvalue weighted by molar-refractivity contribution is 0.0740. The summed E-state index contributed by atoms with van der Waals surface area (Å²) in [5, 5.41) is 3.38. The molecule has 29 heavy (non-hydrogen) atoms. The second-order valence-electron chi connectivity index (χ2n) is 7.24. The fourth-order valence-electron chi connectivity index (χ4n) is 3.41. The molecule has 0 radical (unpaired) electrons. The lowest BCUT2D eigenvalue weighted by Gasteiger charge is -2.35. The zero-order valence-corrected chi connectivity index (χ0v) is 16.6. The summed E-state index contributed by atoms with van der Waals surface area (Å²) in [5.41, 5.74) is 3.82. The van der Waals surface area contributed by atoms with E-state index in [2.05, 4.69) is 51.4 Å². The van der Waals surface area contributed by atoms with Crippen molar-refractivity contribution in [2.24, 2.45) is 0 Å². The summed E-state index contributed by atoms with van der Waals surface area (Å²) >= 11 is 0. The Bertz CT molecular complexity index is 951. The van der Waals surface area contributed by atoms with Crippen LogP contribution in [-0.4, -0.2) is 47.0 Å². The third kappa shape index (κ3) is 4.71. The van der Waals surface area contributed by atoms with Gasteiger partial charge in [-0.05, 0) is 36.8 Å². The van der Waals surface area contributed by atoms with Gasteiger partial charge in [0.05, 0.1) is 0 Å². The number of piperazine rings is 1. The van der Waals surface area contributed by atoms with E-state index in [9.17, 15) is 4.79 Å². The van der Waals surface area contributed by atoms with Gasteiger partial charge in [-0.3, -0.25) is 9.78 Å². The molecule has 1 amide bonds. The van der Waals surface area contributed by atoms with Gasteiger partial charge in [-0.15, -0.1) is 0 Å². The molecular weight excluding hydrogens is 362 g/mol. The van der Waals surface area contributed by atoms with Crippen molar-refractivity contribution >= 4 is 17.4 Å².